The molecule has 2 heterocycles. The van der Waals surface area contributed by atoms with Gasteiger partial charge in [0.05, 0.1) is 5.56 Å². The Kier molecular flexibility index (Phi) is 3.54. The summed E-state index contributed by atoms with van der Waals surface area (Å²) in [4.78, 5) is 7.36. The number of thiocarbonyl (C=S) groups is 1. The lowest BCUT2D eigenvalue weighted by atomic mass is 10.1. The van der Waals surface area contributed by atoms with Crippen LogP contribution in [0.2, 0.25) is 0 Å². The van der Waals surface area contributed by atoms with Crippen molar-refractivity contribution < 1.29 is 4.21 Å². The monoisotopic (exact) mass is 295 g/mol. The van der Waals surface area contributed by atoms with Crippen LogP contribution in [0.3, 0.4) is 0 Å². The van der Waals surface area contributed by atoms with Crippen molar-refractivity contribution in [3.8, 4) is 0 Å². The Morgan fingerprint density at radius 2 is 2.11 bits per heavy atom. The molecule has 0 bridgehead atoms. The largest absolute Gasteiger partial charge is 0.389 e. The summed E-state index contributed by atoms with van der Waals surface area (Å²) in [6.07, 6.45) is 3.27. The van der Waals surface area contributed by atoms with E-state index in [1.54, 1.807) is 0 Å². The Balaban J connectivity index is 1.99. The van der Waals surface area contributed by atoms with Crippen molar-refractivity contribution in [2.45, 2.75) is 19.3 Å². The highest BCUT2D eigenvalue weighted by molar-refractivity contribution is 7.85. The standard InChI is InChI=1S/C13H17N3OS2/c14-12(18)10-8-9-2-1-3-11(9)15-13(10)16-4-6-19(17)7-5-16/h8H,1-7H2,(H2,14,18). The van der Waals surface area contributed by atoms with Crippen LogP contribution in [0, 0.1) is 0 Å². The minimum absolute atomic E-state index is 0.406. The molecule has 0 amide bonds. The van der Waals surface area contributed by atoms with Crippen molar-refractivity contribution in [1.82, 2.24) is 4.98 Å². The fourth-order valence-electron chi connectivity index (χ4n) is 2.73. The van der Waals surface area contributed by atoms with E-state index in [9.17, 15) is 4.21 Å². The highest BCUT2D eigenvalue weighted by atomic mass is 32.2. The number of nitrogens with two attached hydrogens (primary N) is 1. The molecule has 2 aliphatic rings. The van der Waals surface area contributed by atoms with Crippen LogP contribution in [0.5, 0.6) is 0 Å². The van der Waals surface area contributed by atoms with Crippen LogP contribution in [0.4, 0.5) is 5.82 Å². The molecule has 0 aromatic carbocycles. The summed E-state index contributed by atoms with van der Waals surface area (Å²) >= 11 is 5.16. The van der Waals surface area contributed by atoms with Gasteiger partial charge in [-0.05, 0) is 30.9 Å². The third-order valence-electron chi connectivity index (χ3n) is 3.77. The molecule has 1 fully saturated rings. The maximum absolute atomic E-state index is 11.5. The number of fused-ring (bicyclic) bond motifs is 1. The lowest BCUT2D eigenvalue weighted by molar-refractivity contribution is 0.672. The molecule has 0 spiro atoms. The molecule has 1 aromatic heterocycles. The SMILES string of the molecule is NC(=S)c1cc2c(nc1N1CCS(=O)CC1)CCC2. The number of hydrogen-bond donors (Lipinski definition) is 1. The Bertz CT molecular complexity index is 549. The Morgan fingerprint density at radius 1 is 1.37 bits per heavy atom. The zero-order chi connectivity index (χ0) is 13.4. The summed E-state index contributed by atoms with van der Waals surface area (Å²) in [5.41, 5.74) is 9.19. The molecule has 1 aliphatic carbocycles. The van der Waals surface area contributed by atoms with Gasteiger partial charge in [-0.25, -0.2) is 4.98 Å². The number of aromatic nitrogens is 1. The van der Waals surface area contributed by atoms with Gasteiger partial charge in [0.1, 0.15) is 10.8 Å². The number of hydrogen-bond acceptors (Lipinski definition) is 4. The number of pyridine rings is 1. The Hall–Kier alpha value is -1.01. The molecule has 3 rings (SSSR count). The summed E-state index contributed by atoms with van der Waals surface area (Å²) in [6, 6.07) is 2.11. The van der Waals surface area contributed by atoms with Gasteiger partial charge in [-0.3, -0.25) is 4.21 Å². The molecule has 6 heteroatoms. The lowest BCUT2D eigenvalue weighted by Gasteiger charge is -2.29. The van der Waals surface area contributed by atoms with E-state index in [0.29, 0.717) is 16.5 Å². The van der Waals surface area contributed by atoms with Crippen LogP contribution in [-0.2, 0) is 23.6 Å². The first-order valence-electron chi connectivity index (χ1n) is 6.57. The molecular weight excluding hydrogens is 278 g/mol. The minimum Gasteiger partial charge on any atom is -0.389 e. The average molecular weight is 295 g/mol. The van der Waals surface area contributed by atoms with E-state index in [1.165, 1.54) is 11.3 Å². The molecule has 1 aliphatic heterocycles. The summed E-state index contributed by atoms with van der Waals surface area (Å²) in [5.74, 6) is 2.30. The zero-order valence-electron chi connectivity index (χ0n) is 10.7. The second-order valence-electron chi connectivity index (χ2n) is 5.02. The molecule has 1 saturated heterocycles. The van der Waals surface area contributed by atoms with Crippen LogP contribution in [0.25, 0.3) is 0 Å². The van der Waals surface area contributed by atoms with Gasteiger partial charge in [0.25, 0.3) is 0 Å². The van der Waals surface area contributed by atoms with Crippen LogP contribution >= 0.6 is 12.2 Å². The average Bonchev–Trinajstić information content (AvgIpc) is 2.85. The molecule has 0 atom stereocenters. The first kappa shape index (κ1) is 13.0. The van der Waals surface area contributed by atoms with Crippen LogP contribution in [0.15, 0.2) is 6.07 Å². The molecule has 0 unspecified atom stereocenters. The molecule has 2 N–H and O–H groups in total. The van der Waals surface area contributed by atoms with E-state index < -0.39 is 10.8 Å². The summed E-state index contributed by atoms with van der Waals surface area (Å²) in [5, 5.41) is 0. The highest BCUT2D eigenvalue weighted by Crippen LogP contribution is 2.28. The number of rotatable bonds is 2. The zero-order valence-corrected chi connectivity index (χ0v) is 12.4. The maximum atomic E-state index is 11.5. The Morgan fingerprint density at radius 3 is 2.79 bits per heavy atom. The third kappa shape index (κ3) is 2.51. The summed E-state index contributed by atoms with van der Waals surface area (Å²) < 4.78 is 11.5. The topological polar surface area (TPSA) is 59.2 Å². The predicted octanol–water partition coefficient (Wildman–Crippen LogP) is 0.773. The van der Waals surface area contributed by atoms with Gasteiger partial charge >= 0.3 is 0 Å². The van der Waals surface area contributed by atoms with Gasteiger partial charge in [-0.15, -0.1) is 0 Å². The van der Waals surface area contributed by atoms with Gasteiger partial charge in [0.15, 0.2) is 0 Å². The van der Waals surface area contributed by atoms with Crippen LogP contribution in [0.1, 0.15) is 23.2 Å². The van der Waals surface area contributed by atoms with E-state index in [0.717, 1.165) is 43.7 Å². The van der Waals surface area contributed by atoms with Crippen LogP contribution in [-0.4, -0.2) is 38.8 Å². The fourth-order valence-corrected chi connectivity index (χ4v) is 3.94. The normalized spacial score (nSPS) is 19.5. The van der Waals surface area contributed by atoms with Crippen molar-refractivity contribution in [1.29, 1.82) is 0 Å². The van der Waals surface area contributed by atoms with Crippen molar-refractivity contribution in [3.05, 3.63) is 22.9 Å². The first-order chi connectivity index (χ1) is 9.15. The number of nitrogens with zero attached hydrogens (tertiary/aromatic N) is 2. The van der Waals surface area contributed by atoms with Gasteiger partial charge in [0, 0.05) is 41.1 Å². The molecular formula is C13H17N3OS2. The first-order valence-corrected chi connectivity index (χ1v) is 8.47. The van der Waals surface area contributed by atoms with E-state index in [1.807, 2.05) is 0 Å². The van der Waals surface area contributed by atoms with E-state index >= 15 is 0 Å². The molecule has 1 aromatic rings. The minimum atomic E-state index is -0.685. The van der Waals surface area contributed by atoms with Gasteiger partial charge in [-0.1, -0.05) is 12.2 Å². The van der Waals surface area contributed by atoms with Crippen molar-refractivity contribution in [2.75, 3.05) is 29.5 Å². The third-order valence-corrected chi connectivity index (χ3v) is 5.27. The molecule has 19 heavy (non-hydrogen) atoms. The highest BCUT2D eigenvalue weighted by Gasteiger charge is 2.23. The van der Waals surface area contributed by atoms with Gasteiger partial charge < -0.3 is 10.6 Å². The van der Waals surface area contributed by atoms with Crippen molar-refractivity contribution in [2.24, 2.45) is 5.73 Å². The Labute approximate surface area is 120 Å². The smallest absolute Gasteiger partial charge is 0.139 e. The van der Waals surface area contributed by atoms with Gasteiger partial charge in [0.2, 0.25) is 0 Å². The fraction of sp³-hybridized carbons (Fsp3) is 0.538. The molecule has 4 nitrogen and oxygen atoms in total. The molecule has 0 radical (unpaired) electrons. The maximum Gasteiger partial charge on any atom is 0.139 e. The second-order valence-corrected chi connectivity index (χ2v) is 7.15. The summed E-state index contributed by atoms with van der Waals surface area (Å²) in [7, 11) is -0.685. The molecule has 102 valence electrons. The van der Waals surface area contributed by atoms with E-state index in [-0.39, 0.29) is 0 Å². The second kappa shape index (κ2) is 5.17. The molecule has 0 saturated carbocycles. The van der Waals surface area contributed by atoms with Crippen molar-refractivity contribution in [3.63, 3.8) is 0 Å². The van der Waals surface area contributed by atoms with E-state index in [4.69, 9.17) is 22.9 Å². The number of aryl methyl sites for hydroxylation is 2. The quantitative estimate of drug-likeness (QED) is 0.817. The predicted molar refractivity (Wildman–Crippen MR) is 82.2 cm³/mol. The van der Waals surface area contributed by atoms with Crippen molar-refractivity contribution >= 4 is 33.8 Å². The lowest BCUT2D eigenvalue weighted by Crippen LogP contribution is -2.39. The van der Waals surface area contributed by atoms with E-state index in [2.05, 4.69) is 11.0 Å². The number of anilines is 1. The van der Waals surface area contributed by atoms with Gasteiger partial charge in [-0.2, -0.15) is 0 Å². The summed E-state index contributed by atoms with van der Waals surface area (Å²) in [6.45, 7) is 1.54. The van der Waals surface area contributed by atoms with Crippen LogP contribution < -0.4 is 10.6 Å².